The van der Waals surface area contributed by atoms with Gasteiger partial charge in [0.05, 0.1) is 6.04 Å². The highest BCUT2D eigenvalue weighted by molar-refractivity contribution is 9.10. The lowest BCUT2D eigenvalue weighted by Gasteiger charge is -2.08. The molecule has 12 heavy (non-hydrogen) atoms. The summed E-state index contributed by atoms with van der Waals surface area (Å²) >= 11 is 3.24. The minimum Gasteiger partial charge on any atom is -0.454 e. The van der Waals surface area contributed by atoms with Gasteiger partial charge in [-0.05, 0) is 28.9 Å². The first-order valence-corrected chi connectivity index (χ1v) is 4.33. The van der Waals surface area contributed by atoms with Gasteiger partial charge in [0.1, 0.15) is 5.76 Å². The predicted molar refractivity (Wildman–Crippen MR) is 51.4 cm³/mol. The molecule has 1 aromatic rings. The van der Waals surface area contributed by atoms with Crippen molar-refractivity contribution in [2.75, 3.05) is 0 Å². The Kier molecular flexibility index (Phi) is 3.08. The molecular formula is C8H11BrN2O. The second kappa shape index (κ2) is 3.89. The number of hydrazine groups is 1. The van der Waals surface area contributed by atoms with Gasteiger partial charge in [-0.15, -0.1) is 6.58 Å². The van der Waals surface area contributed by atoms with Gasteiger partial charge >= 0.3 is 0 Å². The van der Waals surface area contributed by atoms with Crippen LogP contribution in [0.1, 0.15) is 17.4 Å². The van der Waals surface area contributed by atoms with Crippen LogP contribution < -0.4 is 11.3 Å². The van der Waals surface area contributed by atoms with E-state index < -0.39 is 0 Å². The Morgan fingerprint density at radius 1 is 1.83 bits per heavy atom. The Hall–Kier alpha value is -0.580. The Morgan fingerprint density at radius 2 is 2.50 bits per heavy atom. The molecule has 1 atom stereocenters. The van der Waals surface area contributed by atoms with E-state index in [2.05, 4.69) is 27.9 Å². The third-order valence-electron chi connectivity index (χ3n) is 1.68. The lowest BCUT2D eigenvalue weighted by atomic mass is 10.1. The van der Waals surface area contributed by atoms with Crippen LogP contribution in [0.3, 0.4) is 0 Å². The molecule has 3 N–H and O–H groups in total. The molecule has 0 saturated carbocycles. The molecule has 4 heteroatoms. The molecule has 0 saturated heterocycles. The SMILES string of the molecule is C=CC(NN)c1cc(Br)oc1C. The van der Waals surface area contributed by atoms with E-state index in [0.717, 1.165) is 11.3 Å². The molecule has 0 radical (unpaired) electrons. The molecule has 0 aliphatic rings. The summed E-state index contributed by atoms with van der Waals surface area (Å²) in [6, 6.07) is 1.82. The highest BCUT2D eigenvalue weighted by Crippen LogP contribution is 2.25. The third-order valence-corrected chi connectivity index (χ3v) is 2.07. The van der Waals surface area contributed by atoms with Gasteiger partial charge in [-0.3, -0.25) is 5.84 Å². The summed E-state index contributed by atoms with van der Waals surface area (Å²) in [4.78, 5) is 0. The predicted octanol–water partition coefficient (Wildman–Crippen LogP) is 2.04. The van der Waals surface area contributed by atoms with Crippen molar-refractivity contribution in [3.63, 3.8) is 0 Å². The standard InChI is InChI=1S/C8H11BrN2O/c1-3-7(11-10)6-4-8(9)12-5(6)2/h3-4,7,11H,1,10H2,2H3. The molecule has 1 rings (SSSR count). The topological polar surface area (TPSA) is 51.2 Å². The first kappa shape index (κ1) is 9.51. The van der Waals surface area contributed by atoms with Crippen molar-refractivity contribution < 1.29 is 4.42 Å². The lowest BCUT2D eigenvalue weighted by molar-refractivity contribution is 0.501. The van der Waals surface area contributed by atoms with E-state index in [1.807, 2.05) is 13.0 Å². The smallest absolute Gasteiger partial charge is 0.169 e. The van der Waals surface area contributed by atoms with Gasteiger partial charge in [0.25, 0.3) is 0 Å². The van der Waals surface area contributed by atoms with Crippen LogP contribution in [-0.2, 0) is 0 Å². The second-order valence-corrected chi connectivity index (χ2v) is 3.22. The summed E-state index contributed by atoms with van der Waals surface area (Å²) in [5.74, 6) is 6.15. The molecule has 0 amide bonds. The summed E-state index contributed by atoms with van der Waals surface area (Å²) < 4.78 is 5.98. The zero-order valence-corrected chi connectivity index (χ0v) is 8.39. The minimum atomic E-state index is -0.0555. The molecular weight excluding hydrogens is 220 g/mol. The monoisotopic (exact) mass is 230 g/mol. The summed E-state index contributed by atoms with van der Waals surface area (Å²) in [6.07, 6.45) is 1.73. The van der Waals surface area contributed by atoms with Crippen LogP contribution in [0.15, 0.2) is 27.8 Å². The molecule has 0 spiro atoms. The number of hydrogen-bond acceptors (Lipinski definition) is 3. The third kappa shape index (κ3) is 1.77. The molecule has 0 aliphatic carbocycles. The zero-order valence-electron chi connectivity index (χ0n) is 6.80. The Labute approximate surface area is 79.7 Å². The molecule has 0 aliphatic heterocycles. The van der Waals surface area contributed by atoms with Gasteiger partial charge in [0.15, 0.2) is 4.67 Å². The molecule has 66 valence electrons. The maximum absolute atomic E-state index is 5.32. The van der Waals surface area contributed by atoms with Crippen molar-refractivity contribution in [1.29, 1.82) is 0 Å². The fourth-order valence-electron chi connectivity index (χ4n) is 1.05. The lowest BCUT2D eigenvalue weighted by Crippen LogP contribution is -2.26. The molecule has 0 bridgehead atoms. The number of rotatable bonds is 3. The van der Waals surface area contributed by atoms with Crippen LogP contribution in [-0.4, -0.2) is 0 Å². The highest BCUT2D eigenvalue weighted by atomic mass is 79.9. The Morgan fingerprint density at radius 3 is 2.83 bits per heavy atom. The van der Waals surface area contributed by atoms with Crippen molar-refractivity contribution in [1.82, 2.24) is 5.43 Å². The van der Waals surface area contributed by atoms with Crippen LogP contribution in [0, 0.1) is 6.92 Å². The molecule has 1 aromatic heterocycles. The zero-order chi connectivity index (χ0) is 9.14. The van der Waals surface area contributed by atoms with Crippen LogP contribution in [0.2, 0.25) is 0 Å². The maximum Gasteiger partial charge on any atom is 0.169 e. The number of halogens is 1. The first-order valence-electron chi connectivity index (χ1n) is 3.53. The number of aryl methyl sites for hydroxylation is 1. The fraction of sp³-hybridized carbons (Fsp3) is 0.250. The summed E-state index contributed by atoms with van der Waals surface area (Å²) in [5, 5.41) is 0. The van der Waals surface area contributed by atoms with Gasteiger partial charge in [0.2, 0.25) is 0 Å². The molecule has 1 heterocycles. The van der Waals surface area contributed by atoms with Gasteiger partial charge in [-0.2, -0.15) is 0 Å². The molecule has 0 fully saturated rings. The van der Waals surface area contributed by atoms with E-state index in [0.29, 0.717) is 4.67 Å². The van der Waals surface area contributed by atoms with E-state index in [9.17, 15) is 0 Å². The fourth-order valence-corrected chi connectivity index (χ4v) is 1.54. The van der Waals surface area contributed by atoms with Gasteiger partial charge in [-0.1, -0.05) is 6.08 Å². The average Bonchev–Trinajstić information content (AvgIpc) is 2.34. The molecule has 0 aromatic carbocycles. The Balaban J connectivity index is 2.99. The minimum absolute atomic E-state index is 0.0555. The number of hydrogen-bond donors (Lipinski definition) is 2. The largest absolute Gasteiger partial charge is 0.454 e. The number of furan rings is 1. The normalized spacial score (nSPS) is 12.9. The first-order chi connectivity index (χ1) is 5.69. The van der Waals surface area contributed by atoms with Crippen molar-refractivity contribution in [2.45, 2.75) is 13.0 Å². The maximum atomic E-state index is 5.32. The van der Waals surface area contributed by atoms with E-state index in [-0.39, 0.29) is 6.04 Å². The van der Waals surface area contributed by atoms with Crippen LogP contribution >= 0.6 is 15.9 Å². The van der Waals surface area contributed by atoms with Gasteiger partial charge < -0.3 is 4.42 Å². The van der Waals surface area contributed by atoms with Crippen molar-refractivity contribution in [3.8, 4) is 0 Å². The average molecular weight is 231 g/mol. The van der Waals surface area contributed by atoms with Crippen molar-refractivity contribution in [3.05, 3.63) is 34.7 Å². The van der Waals surface area contributed by atoms with Crippen molar-refractivity contribution in [2.24, 2.45) is 5.84 Å². The van der Waals surface area contributed by atoms with E-state index in [1.165, 1.54) is 0 Å². The van der Waals surface area contributed by atoms with Crippen LogP contribution in [0.25, 0.3) is 0 Å². The van der Waals surface area contributed by atoms with Crippen LogP contribution in [0.5, 0.6) is 0 Å². The summed E-state index contributed by atoms with van der Waals surface area (Å²) in [7, 11) is 0. The quantitative estimate of drug-likeness (QED) is 0.475. The summed E-state index contributed by atoms with van der Waals surface area (Å²) in [5.41, 5.74) is 3.62. The van der Waals surface area contributed by atoms with Gasteiger partial charge in [0, 0.05) is 5.56 Å². The van der Waals surface area contributed by atoms with Crippen molar-refractivity contribution >= 4 is 15.9 Å². The summed E-state index contributed by atoms with van der Waals surface area (Å²) in [6.45, 7) is 5.54. The number of nitrogens with one attached hydrogen (secondary N) is 1. The molecule has 3 nitrogen and oxygen atoms in total. The van der Waals surface area contributed by atoms with E-state index in [1.54, 1.807) is 6.08 Å². The molecule has 1 unspecified atom stereocenters. The highest BCUT2D eigenvalue weighted by Gasteiger charge is 2.12. The Bertz CT molecular complexity index is 283. The van der Waals surface area contributed by atoms with E-state index in [4.69, 9.17) is 10.3 Å². The number of nitrogens with two attached hydrogens (primary N) is 1. The van der Waals surface area contributed by atoms with Crippen LogP contribution in [0.4, 0.5) is 0 Å². The second-order valence-electron chi connectivity index (χ2n) is 2.44. The van der Waals surface area contributed by atoms with E-state index >= 15 is 0 Å². The van der Waals surface area contributed by atoms with Gasteiger partial charge in [-0.25, -0.2) is 5.43 Å².